The average Bonchev–Trinajstić information content (AvgIpc) is 3.06. The highest BCUT2D eigenvalue weighted by molar-refractivity contribution is 9.10. The van der Waals surface area contributed by atoms with Crippen molar-refractivity contribution in [2.24, 2.45) is 4.99 Å². The van der Waals surface area contributed by atoms with Crippen molar-refractivity contribution in [2.45, 2.75) is 0 Å². The lowest BCUT2D eigenvalue weighted by Gasteiger charge is -2.14. The normalized spacial score (nSPS) is 16.3. The number of hydrogen-bond donors (Lipinski definition) is 0. The van der Waals surface area contributed by atoms with Gasteiger partial charge in [0.1, 0.15) is 5.75 Å². The largest absolute Gasteiger partial charge is 0.497 e. The number of carbonyl (C=O) groups excluding carboxylic acids is 1. The highest BCUT2D eigenvalue weighted by Gasteiger charge is 2.33. The maximum atomic E-state index is 13.1. The van der Waals surface area contributed by atoms with E-state index in [0.29, 0.717) is 34.7 Å². The van der Waals surface area contributed by atoms with Crippen LogP contribution in [0.5, 0.6) is 17.2 Å². The second kappa shape index (κ2) is 10.7. The first-order valence-electron chi connectivity index (χ1n) is 9.35. The second-order valence-electron chi connectivity index (χ2n) is 6.39. The molecule has 0 unspecified atom stereocenters. The number of halogens is 1. The van der Waals surface area contributed by atoms with Gasteiger partial charge in [-0.15, -0.1) is 0 Å². The molecule has 7 nitrogen and oxygen atoms in total. The van der Waals surface area contributed by atoms with Crippen molar-refractivity contribution in [1.82, 2.24) is 4.90 Å². The molecule has 1 aliphatic rings. The maximum Gasteiger partial charge on any atom is 0.266 e. The Balaban J connectivity index is 1.95. The summed E-state index contributed by atoms with van der Waals surface area (Å²) in [5, 5.41) is 0.595. The van der Waals surface area contributed by atoms with Crippen LogP contribution in [0.25, 0.3) is 6.08 Å². The number of rotatable bonds is 8. The fourth-order valence-electron chi connectivity index (χ4n) is 2.91. The van der Waals surface area contributed by atoms with Crippen LogP contribution in [0, 0.1) is 0 Å². The molecule has 0 aliphatic carbocycles. The van der Waals surface area contributed by atoms with Crippen molar-refractivity contribution < 1.29 is 23.7 Å². The van der Waals surface area contributed by atoms with E-state index in [9.17, 15) is 4.79 Å². The van der Waals surface area contributed by atoms with Crippen molar-refractivity contribution >= 4 is 50.5 Å². The minimum atomic E-state index is -0.125. The molecule has 0 bridgehead atoms. The molecule has 0 saturated carbocycles. The van der Waals surface area contributed by atoms with Gasteiger partial charge in [0.2, 0.25) is 0 Å². The third-order valence-corrected chi connectivity index (χ3v) is 6.05. The molecule has 0 atom stereocenters. The molecule has 2 aromatic carbocycles. The number of amides is 1. The molecular formula is C22H23BrN2O5S. The Morgan fingerprint density at radius 1 is 1.06 bits per heavy atom. The first-order chi connectivity index (χ1) is 15.0. The molecule has 2 aromatic rings. The Hall–Kier alpha value is -2.49. The Morgan fingerprint density at radius 2 is 1.81 bits per heavy atom. The molecule has 0 aromatic heterocycles. The molecule has 31 heavy (non-hydrogen) atoms. The average molecular weight is 507 g/mol. The molecule has 1 heterocycles. The quantitative estimate of drug-likeness (QED) is 0.482. The van der Waals surface area contributed by atoms with E-state index in [-0.39, 0.29) is 5.91 Å². The van der Waals surface area contributed by atoms with E-state index in [1.165, 1.54) is 11.8 Å². The summed E-state index contributed by atoms with van der Waals surface area (Å²) in [7, 11) is 6.36. The Labute approximate surface area is 194 Å². The number of methoxy groups -OCH3 is 4. The van der Waals surface area contributed by atoms with Crippen molar-refractivity contribution in [3.63, 3.8) is 0 Å². The van der Waals surface area contributed by atoms with Crippen molar-refractivity contribution in [2.75, 3.05) is 41.6 Å². The number of nitrogens with zero attached hydrogens (tertiary/aromatic N) is 2. The van der Waals surface area contributed by atoms with Crippen LogP contribution in [-0.4, -0.2) is 57.6 Å². The zero-order chi connectivity index (χ0) is 22.4. The van der Waals surface area contributed by atoms with Gasteiger partial charge in [0.25, 0.3) is 5.91 Å². The summed E-state index contributed by atoms with van der Waals surface area (Å²) in [6.07, 6.45) is 1.82. The first kappa shape index (κ1) is 23.2. The van der Waals surface area contributed by atoms with Crippen LogP contribution in [0.4, 0.5) is 5.69 Å². The molecule has 9 heteroatoms. The molecular weight excluding hydrogens is 484 g/mol. The SMILES string of the molecule is COCCN1C(=O)/C(=C\c2cc(Br)c(OC)c(OC)c2)SC1=Nc1ccc(OC)cc1. The summed E-state index contributed by atoms with van der Waals surface area (Å²) < 4.78 is 21.9. The molecule has 1 amide bonds. The Morgan fingerprint density at radius 3 is 2.42 bits per heavy atom. The molecule has 0 radical (unpaired) electrons. The Bertz CT molecular complexity index is 1010. The van der Waals surface area contributed by atoms with Crippen LogP contribution >= 0.6 is 27.7 Å². The number of hydrogen-bond acceptors (Lipinski definition) is 7. The highest BCUT2D eigenvalue weighted by atomic mass is 79.9. The maximum absolute atomic E-state index is 13.1. The third kappa shape index (κ3) is 5.41. The van der Waals surface area contributed by atoms with Gasteiger partial charge in [-0.25, -0.2) is 4.99 Å². The van der Waals surface area contributed by atoms with Gasteiger partial charge < -0.3 is 18.9 Å². The summed E-state index contributed by atoms with van der Waals surface area (Å²) >= 11 is 4.81. The van der Waals surface area contributed by atoms with Crippen LogP contribution < -0.4 is 14.2 Å². The van der Waals surface area contributed by atoms with E-state index in [4.69, 9.17) is 18.9 Å². The van der Waals surface area contributed by atoms with E-state index in [0.717, 1.165) is 21.5 Å². The fourth-order valence-corrected chi connectivity index (χ4v) is 4.56. The van der Waals surface area contributed by atoms with Crippen molar-refractivity contribution in [3.8, 4) is 17.2 Å². The van der Waals surface area contributed by atoms with E-state index >= 15 is 0 Å². The standard InChI is InChI=1S/C22H23BrN2O5S/c1-27-10-9-25-21(26)19(13-14-11-17(23)20(30-4)18(12-14)29-3)31-22(25)24-15-5-7-16(28-2)8-6-15/h5-8,11-13H,9-10H2,1-4H3/b19-13+,24-22?. The summed E-state index contributed by atoms with van der Waals surface area (Å²) in [5.74, 6) is 1.79. The van der Waals surface area contributed by atoms with Crippen molar-refractivity contribution in [3.05, 3.63) is 51.3 Å². The Kier molecular flexibility index (Phi) is 8.00. The molecule has 1 fully saturated rings. The first-order valence-corrected chi connectivity index (χ1v) is 11.0. The van der Waals surface area contributed by atoms with E-state index in [2.05, 4.69) is 20.9 Å². The van der Waals surface area contributed by atoms with E-state index in [1.807, 2.05) is 42.5 Å². The third-order valence-electron chi connectivity index (χ3n) is 4.46. The summed E-state index contributed by atoms with van der Waals surface area (Å²) in [4.78, 5) is 19.9. The molecule has 1 aliphatic heterocycles. The second-order valence-corrected chi connectivity index (χ2v) is 8.25. The number of thioether (sulfide) groups is 1. The lowest BCUT2D eigenvalue weighted by Crippen LogP contribution is -2.32. The summed E-state index contributed by atoms with van der Waals surface area (Å²) in [6.45, 7) is 0.813. The minimum absolute atomic E-state index is 0.125. The van der Waals surface area contributed by atoms with Gasteiger partial charge in [0.05, 0.1) is 49.5 Å². The van der Waals surface area contributed by atoms with Gasteiger partial charge in [-0.1, -0.05) is 0 Å². The fraction of sp³-hybridized carbons (Fsp3) is 0.273. The monoisotopic (exact) mass is 506 g/mol. The van der Waals surface area contributed by atoms with E-state index < -0.39 is 0 Å². The molecule has 0 spiro atoms. The van der Waals surface area contributed by atoms with Gasteiger partial charge in [-0.05, 0) is 75.7 Å². The topological polar surface area (TPSA) is 69.6 Å². The van der Waals surface area contributed by atoms with Crippen LogP contribution in [0.15, 0.2) is 50.8 Å². The van der Waals surface area contributed by atoms with Crippen LogP contribution in [0.3, 0.4) is 0 Å². The lowest BCUT2D eigenvalue weighted by atomic mass is 10.2. The number of aliphatic imine (C=N–C) groups is 1. The summed E-state index contributed by atoms with van der Waals surface area (Å²) in [5.41, 5.74) is 1.53. The minimum Gasteiger partial charge on any atom is -0.497 e. The van der Waals surface area contributed by atoms with Gasteiger partial charge >= 0.3 is 0 Å². The zero-order valence-electron chi connectivity index (χ0n) is 17.7. The van der Waals surface area contributed by atoms with Crippen LogP contribution in [0.2, 0.25) is 0 Å². The van der Waals surface area contributed by atoms with Gasteiger partial charge in [-0.3, -0.25) is 9.69 Å². The number of amidine groups is 1. The lowest BCUT2D eigenvalue weighted by molar-refractivity contribution is -0.122. The molecule has 164 valence electrons. The van der Waals surface area contributed by atoms with Crippen molar-refractivity contribution in [1.29, 1.82) is 0 Å². The molecule has 1 saturated heterocycles. The predicted octanol–water partition coefficient (Wildman–Crippen LogP) is 4.73. The smallest absolute Gasteiger partial charge is 0.266 e. The number of carbonyl (C=O) groups is 1. The highest BCUT2D eigenvalue weighted by Crippen LogP contribution is 2.39. The van der Waals surface area contributed by atoms with Crippen LogP contribution in [0.1, 0.15) is 5.56 Å². The van der Waals surface area contributed by atoms with Crippen LogP contribution in [-0.2, 0) is 9.53 Å². The summed E-state index contributed by atoms with van der Waals surface area (Å²) in [6, 6.07) is 11.1. The molecule has 3 rings (SSSR count). The van der Waals surface area contributed by atoms with Gasteiger partial charge in [0.15, 0.2) is 16.7 Å². The number of benzene rings is 2. The van der Waals surface area contributed by atoms with Gasteiger partial charge in [0, 0.05) is 7.11 Å². The number of ether oxygens (including phenoxy) is 4. The molecule has 0 N–H and O–H groups in total. The zero-order valence-corrected chi connectivity index (χ0v) is 20.1. The van der Waals surface area contributed by atoms with E-state index in [1.54, 1.807) is 33.3 Å². The van der Waals surface area contributed by atoms with Gasteiger partial charge in [-0.2, -0.15) is 0 Å². The predicted molar refractivity (Wildman–Crippen MR) is 126 cm³/mol.